The third-order valence-corrected chi connectivity index (χ3v) is 3.21. The number of rotatable bonds is 3. The van der Waals surface area contributed by atoms with Gasteiger partial charge in [-0.1, -0.05) is 0 Å². The number of carbonyl (C=O) groups is 1. The van der Waals surface area contributed by atoms with E-state index in [-0.39, 0.29) is 5.91 Å². The Kier molecular flexibility index (Phi) is 3.31. The minimum absolute atomic E-state index is 0.159. The summed E-state index contributed by atoms with van der Waals surface area (Å²) < 4.78 is 5.07. The molecule has 3 rings (SSSR count). The van der Waals surface area contributed by atoms with Crippen LogP contribution in [-0.2, 0) is 0 Å². The minimum Gasteiger partial charge on any atom is -0.497 e. The Labute approximate surface area is 122 Å². The molecule has 0 saturated carbocycles. The number of carbonyl (C=O) groups excluding carboxylic acids is 1. The van der Waals surface area contributed by atoms with Gasteiger partial charge in [0.2, 0.25) is 0 Å². The molecule has 0 aliphatic carbocycles. The van der Waals surface area contributed by atoms with Crippen molar-refractivity contribution in [1.29, 1.82) is 0 Å². The van der Waals surface area contributed by atoms with E-state index >= 15 is 0 Å². The molecule has 1 aromatic heterocycles. The summed E-state index contributed by atoms with van der Waals surface area (Å²) in [4.78, 5) is 19.7. The number of fused-ring (bicyclic) bond motifs is 1. The number of hydrogen-bond donors (Lipinski definition) is 2. The second kappa shape index (κ2) is 5.28. The normalized spacial score (nSPS) is 10.6. The molecule has 0 spiro atoms. The van der Waals surface area contributed by atoms with Crippen LogP contribution in [0.3, 0.4) is 0 Å². The van der Waals surface area contributed by atoms with Crippen LogP contribution in [0.15, 0.2) is 42.5 Å². The fourth-order valence-corrected chi connectivity index (χ4v) is 2.16. The first-order valence-electron chi connectivity index (χ1n) is 6.57. The van der Waals surface area contributed by atoms with Crippen LogP contribution in [0.2, 0.25) is 0 Å². The quantitative estimate of drug-likeness (QED) is 0.775. The van der Waals surface area contributed by atoms with Crippen molar-refractivity contribution in [2.75, 3.05) is 12.4 Å². The predicted octanol–water partition coefficient (Wildman–Crippen LogP) is 3.13. The average Bonchev–Trinajstić information content (AvgIpc) is 2.86. The number of aryl methyl sites for hydroxylation is 1. The summed E-state index contributed by atoms with van der Waals surface area (Å²) in [6.45, 7) is 1.90. The van der Waals surface area contributed by atoms with Gasteiger partial charge in [0, 0.05) is 11.3 Å². The Morgan fingerprint density at radius 2 is 1.95 bits per heavy atom. The number of hydrogen-bond acceptors (Lipinski definition) is 3. The van der Waals surface area contributed by atoms with Gasteiger partial charge in [0.25, 0.3) is 5.91 Å². The number of anilines is 1. The topological polar surface area (TPSA) is 67.0 Å². The fraction of sp³-hybridized carbons (Fsp3) is 0.125. The van der Waals surface area contributed by atoms with Crippen LogP contribution < -0.4 is 10.1 Å². The van der Waals surface area contributed by atoms with Gasteiger partial charge in [-0.05, 0) is 49.4 Å². The Hall–Kier alpha value is -2.82. The average molecular weight is 281 g/mol. The zero-order chi connectivity index (χ0) is 14.8. The van der Waals surface area contributed by atoms with E-state index in [2.05, 4.69) is 15.3 Å². The van der Waals surface area contributed by atoms with Crippen LogP contribution in [0.4, 0.5) is 5.69 Å². The number of aromatic nitrogens is 2. The SMILES string of the molecule is COc1ccc(C(=O)Nc2ccc3nc(C)[nH]c3c2)cc1. The summed E-state index contributed by atoms with van der Waals surface area (Å²) in [5.74, 6) is 1.41. The molecule has 21 heavy (non-hydrogen) atoms. The zero-order valence-electron chi connectivity index (χ0n) is 11.8. The molecule has 0 unspecified atom stereocenters. The lowest BCUT2D eigenvalue weighted by Crippen LogP contribution is -2.11. The maximum atomic E-state index is 12.2. The second-order valence-electron chi connectivity index (χ2n) is 4.74. The smallest absolute Gasteiger partial charge is 0.255 e. The lowest BCUT2D eigenvalue weighted by Gasteiger charge is -2.06. The van der Waals surface area contributed by atoms with Gasteiger partial charge in [0.15, 0.2) is 0 Å². The molecule has 1 amide bonds. The number of imidazole rings is 1. The van der Waals surface area contributed by atoms with Crippen molar-refractivity contribution in [2.24, 2.45) is 0 Å². The number of H-pyrrole nitrogens is 1. The van der Waals surface area contributed by atoms with Gasteiger partial charge >= 0.3 is 0 Å². The van der Waals surface area contributed by atoms with Gasteiger partial charge in [-0.2, -0.15) is 0 Å². The van der Waals surface area contributed by atoms with E-state index in [0.29, 0.717) is 5.56 Å². The highest BCUT2D eigenvalue weighted by molar-refractivity contribution is 6.05. The Morgan fingerprint density at radius 1 is 1.19 bits per heavy atom. The molecule has 0 bridgehead atoms. The molecule has 5 nitrogen and oxygen atoms in total. The predicted molar refractivity (Wildman–Crippen MR) is 81.8 cm³/mol. The Balaban J connectivity index is 1.81. The number of nitrogens with zero attached hydrogens (tertiary/aromatic N) is 1. The minimum atomic E-state index is -0.159. The van der Waals surface area contributed by atoms with Gasteiger partial charge in [-0.25, -0.2) is 4.98 Å². The van der Waals surface area contributed by atoms with Gasteiger partial charge in [-0.15, -0.1) is 0 Å². The first kappa shape index (κ1) is 13.2. The summed E-state index contributed by atoms with van der Waals surface area (Å²) in [6.07, 6.45) is 0. The molecule has 0 aliphatic rings. The number of ether oxygens (including phenoxy) is 1. The number of aromatic amines is 1. The van der Waals surface area contributed by atoms with E-state index in [1.807, 2.05) is 25.1 Å². The van der Waals surface area contributed by atoms with E-state index in [9.17, 15) is 4.79 Å². The third kappa shape index (κ3) is 2.72. The van der Waals surface area contributed by atoms with Gasteiger partial charge < -0.3 is 15.0 Å². The van der Waals surface area contributed by atoms with Crippen LogP contribution in [0.5, 0.6) is 5.75 Å². The molecule has 2 N–H and O–H groups in total. The Morgan fingerprint density at radius 3 is 2.67 bits per heavy atom. The van der Waals surface area contributed by atoms with Crippen molar-refractivity contribution in [1.82, 2.24) is 9.97 Å². The number of amides is 1. The molecule has 0 fully saturated rings. The van der Waals surface area contributed by atoms with Crippen LogP contribution in [0.25, 0.3) is 11.0 Å². The van der Waals surface area contributed by atoms with Gasteiger partial charge in [0.1, 0.15) is 11.6 Å². The summed E-state index contributed by atoms with van der Waals surface area (Å²) in [7, 11) is 1.59. The number of benzene rings is 2. The summed E-state index contributed by atoms with van der Waals surface area (Å²) in [5, 5.41) is 2.87. The molecule has 1 heterocycles. The van der Waals surface area contributed by atoms with E-state index in [1.54, 1.807) is 31.4 Å². The van der Waals surface area contributed by atoms with Gasteiger partial charge in [-0.3, -0.25) is 4.79 Å². The highest BCUT2D eigenvalue weighted by Gasteiger charge is 2.07. The van der Waals surface area contributed by atoms with Gasteiger partial charge in [0.05, 0.1) is 18.1 Å². The molecule has 0 saturated heterocycles. The largest absolute Gasteiger partial charge is 0.497 e. The Bertz CT molecular complexity index is 791. The van der Waals surface area contributed by atoms with E-state index < -0.39 is 0 Å². The monoisotopic (exact) mass is 281 g/mol. The first-order chi connectivity index (χ1) is 10.2. The van der Waals surface area contributed by atoms with E-state index in [4.69, 9.17) is 4.74 Å². The van der Waals surface area contributed by atoms with Crippen molar-refractivity contribution in [3.05, 3.63) is 53.9 Å². The number of nitrogens with one attached hydrogen (secondary N) is 2. The molecule has 5 heteroatoms. The maximum Gasteiger partial charge on any atom is 0.255 e. The third-order valence-electron chi connectivity index (χ3n) is 3.21. The second-order valence-corrected chi connectivity index (χ2v) is 4.74. The van der Waals surface area contributed by atoms with Crippen LogP contribution in [0, 0.1) is 6.92 Å². The van der Waals surface area contributed by atoms with Crippen molar-refractivity contribution >= 4 is 22.6 Å². The molecule has 3 aromatic rings. The lowest BCUT2D eigenvalue weighted by atomic mass is 10.2. The van der Waals surface area contributed by atoms with Crippen LogP contribution in [-0.4, -0.2) is 23.0 Å². The summed E-state index contributed by atoms with van der Waals surface area (Å²) >= 11 is 0. The summed E-state index contributed by atoms with van der Waals surface area (Å²) in [6, 6.07) is 12.6. The molecule has 106 valence electrons. The van der Waals surface area contributed by atoms with E-state index in [0.717, 1.165) is 28.3 Å². The van der Waals surface area contributed by atoms with Crippen molar-refractivity contribution in [2.45, 2.75) is 6.92 Å². The molecule has 2 aromatic carbocycles. The fourth-order valence-electron chi connectivity index (χ4n) is 2.16. The standard InChI is InChI=1S/C16H15N3O2/c1-10-17-14-8-5-12(9-15(14)18-10)19-16(20)11-3-6-13(21-2)7-4-11/h3-9H,1-2H3,(H,17,18)(H,19,20). The maximum absolute atomic E-state index is 12.2. The molecular formula is C16H15N3O2. The molecule has 0 atom stereocenters. The van der Waals surface area contributed by atoms with Crippen molar-refractivity contribution in [3.8, 4) is 5.75 Å². The highest BCUT2D eigenvalue weighted by atomic mass is 16.5. The van der Waals surface area contributed by atoms with Crippen LogP contribution in [0.1, 0.15) is 16.2 Å². The molecule has 0 aliphatic heterocycles. The lowest BCUT2D eigenvalue weighted by molar-refractivity contribution is 0.102. The van der Waals surface area contributed by atoms with E-state index in [1.165, 1.54) is 0 Å². The first-order valence-corrected chi connectivity index (χ1v) is 6.57. The zero-order valence-corrected chi connectivity index (χ0v) is 11.8. The number of methoxy groups -OCH3 is 1. The molecule has 0 radical (unpaired) electrons. The van der Waals surface area contributed by atoms with Crippen molar-refractivity contribution < 1.29 is 9.53 Å². The highest BCUT2D eigenvalue weighted by Crippen LogP contribution is 2.18. The van der Waals surface area contributed by atoms with Crippen LogP contribution >= 0.6 is 0 Å². The molecular weight excluding hydrogens is 266 g/mol. The summed E-state index contributed by atoms with van der Waals surface area (Å²) in [5.41, 5.74) is 3.10. The van der Waals surface area contributed by atoms with Crippen molar-refractivity contribution in [3.63, 3.8) is 0 Å².